The molecule has 1 aromatic carbocycles. The lowest BCUT2D eigenvalue weighted by Gasteiger charge is -2.06. The van der Waals surface area contributed by atoms with E-state index in [-0.39, 0.29) is 11.7 Å². The molecule has 0 aliphatic heterocycles. The third kappa shape index (κ3) is 3.22. The highest BCUT2D eigenvalue weighted by Crippen LogP contribution is 2.35. The molecular weight excluding hydrogens is 394 g/mol. The van der Waals surface area contributed by atoms with Crippen molar-refractivity contribution in [2.45, 2.75) is 18.9 Å². The maximum atomic E-state index is 12.8. The minimum atomic E-state index is -0.0181. The Morgan fingerprint density at radius 1 is 1.11 bits per heavy atom. The summed E-state index contributed by atoms with van der Waals surface area (Å²) in [6.07, 6.45) is 5.19. The molecule has 0 unspecified atom stereocenters. The molecule has 6 nitrogen and oxygen atoms in total. The second-order valence-electron chi connectivity index (χ2n) is 6.33. The number of thiophene rings is 1. The number of carbonyl (C=O) groups is 1. The SMILES string of the molecule is COc1cc2cn(C(=O)CSc3ncnc4sc(C)c(C)c34)cc2cc1OC. The van der Waals surface area contributed by atoms with Crippen LogP contribution < -0.4 is 9.47 Å². The molecule has 0 bridgehead atoms. The van der Waals surface area contributed by atoms with E-state index < -0.39 is 0 Å². The second-order valence-corrected chi connectivity index (χ2v) is 8.49. The minimum absolute atomic E-state index is 0.0181. The summed E-state index contributed by atoms with van der Waals surface area (Å²) in [5.41, 5.74) is 1.18. The number of nitrogens with zero attached hydrogens (tertiary/aromatic N) is 3. The third-order valence-corrected chi connectivity index (χ3v) is 6.79. The molecule has 0 amide bonds. The summed E-state index contributed by atoms with van der Waals surface area (Å²) in [4.78, 5) is 23.7. The number of fused-ring (bicyclic) bond motifs is 2. The van der Waals surface area contributed by atoms with E-state index in [0.717, 1.165) is 26.0 Å². The molecule has 0 fully saturated rings. The van der Waals surface area contributed by atoms with Crippen molar-refractivity contribution in [1.82, 2.24) is 14.5 Å². The van der Waals surface area contributed by atoms with Crippen molar-refractivity contribution in [2.24, 2.45) is 0 Å². The van der Waals surface area contributed by atoms with Crippen LogP contribution >= 0.6 is 23.1 Å². The van der Waals surface area contributed by atoms with Gasteiger partial charge in [-0.05, 0) is 31.5 Å². The number of aromatic nitrogens is 3. The molecule has 0 N–H and O–H groups in total. The first kappa shape index (κ1) is 18.8. The zero-order valence-corrected chi connectivity index (χ0v) is 17.6. The molecule has 0 saturated heterocycles. The average molecular weight is 414 g/mol. The molecule has 0 spiro atoms. The van der Waals surface area contributed by atoms with E-state index in [9.17, 15) is 4.79 Å². The molecule has 8 heteroatoms. The smallest absolute Gasteiger partial charge is 0.241 e. The lowest BCUT2D eigenvalue weighted by molar-refractivity contribution is 0.0942. The summed E-state index contributed by atoms with van der Waals surface area (Å²) in [5, 5.41) is 3.74. The van der Waals surface area contributed by atoms with Gasteiger partial charge in [-0.3, -0.25) is 9.36 Å². The Bertz CT molecular complexity index is 1160. The maximum Gasteiger partial charge on any atom is 0.241 e. The number of rotatable bonds is 5. The topological polar surface area (TPSA) is 66.2 Å². The molecule has 0 atom stereocenters. The normalized spacial score (nSPS) is 11.3. The van der Waals surface area contributed by atoms with Crippen LogP contribution in [0.1, 0.15) is 15.2 Å². The molecule has 0 aliphatic carbocycles. The third-order valence-electron chi connectivity index (χ3n) is 4.70. The van der Waals surface area contributed by atoms with Crippen LogP contribution in [0, 0.1) is 13.8 Å². The van der Waals surface area contributed by atoms with E-state index in [2.05, 4.69) is 23.8 Å². The Morgan fingerprint density at radius 2 is 1.75 bits per heavy atom. The fourth-order valence-electron chi connectivity index (χ4n) is 3.08. The van der Waals surface area contributed by atoms with Gasteiger partial charge in [-0.25, -0.2) is 9.97 Å². The molecule has 144 valence electrons. The number of hydrogen-bond donors (Lipinski definition) is 0. The van der Waals surface area contributed by atoms with Crippen molar-refractivity contribution in [3.8, 4) is 11.5 Å². The molecule has 4 aromatic rings. The van der Waals surface area contributed by atoms with E-state index >= 15 is 0 Å². The molecule has 3 heterocycles. The quantitative estimate of drug-likeness (QED) is 0.349. The lowest BCUT2D eigenvalue weighted by atomic mass is 10.2. The molecular formula is C20H19N3O3S2. The summed E-state index contributed by atoms with van der Waals surface area (Å²) >= 11 is 3.10. The standard InChI is InChI=1S/C20H19N3O3S2/c1-11-12(2)28-20-18(11)19(21-10-22-20)27-9-17(24)23-7-13-5-15(25-3)16(26-4)6-14(13)8-23/h5-8,10H,9H2,1-4H3. The van der Waals surface area contributed by atoms with Crippen molar-refractivity contribution < 1.29 is 14.3 Å². The number of thioether (sulfide) groups is 1. The first-order chi connectivity index (χ1) is 13.5. The Kier molecular flexibility index (Phi) is 4.99. The lowest BCUT2D eigenvalue weighted by Crippen LogP contribution is -2.10. The molecule has 3 aromatic heterocycles. The van der Waals surface area contributed by atoms with Gasteiger partial charge in [0.05, 0.1) is 20.0 Å². The largest absolute Gasteiger partial charge is 0.493 e. The highest BCUT2D eigenvalue weighted by molar-refractivity contribution is 8.00. The Morgan fingerprint density at radius 3 is 2.36 bits per heavy atom. The Labute approximate surface area is 170 Å². The fraction of sp³-hybridized carbons (Fsp3) is 0.250. The van der Waals surface area contributed by atoms with Gasteiger partial charge in [0.1, 0.15) is 16.2 Å². The van der Waals surface area contributed by atoms with E-state index in [1.807, 2.05) is 24.5 Å². The van der Waals surface area contributed by atoms with E-state index in [1.165, 1.54) is 22.2 Å². The summed E-state index contributed by atoms with van der Waals surface area (Å²) in [6, 6.07) is 3.74. The van der Waals surface area contributed by atoms with Crippen LogP contribution in [0.15, 0.2) is 35.9 Å². The Hall–Kier alpha value is -2.58. The molecule has 0 aliphatic rings. The Balaban J connectivity index is 1.59. The number of ether oxygens (including phenoxy) is 2. The van der Waals surface area contributed by atoms with Gasteiger partial charge in [0, 0.05) is 33.4 Å². The van der Waals surface area contributed by atoms with Gasteiger partial charge in [-0.2, -0.15) is 0 Å². The monoisotopic (exact) mass is 413 g/mol. The van der Waals surface area contributed by atoms with Crippen molar-refractivity contribution in [1.29, 1.82) is 0 Å². The molecule has 28 heavy (non-hydrogen) atoms. The molecule has 0 radical (unpaired) electrons. The van der Waals surface area contributed by atoms with Gasteiger partial charge in [0.15, 0.2) is 11.5 Å². The van der Waals surface area contributed by atoms with Crippen molar-refractivity contribution in [3.63, 3.8) is 0 Å². The van der Waals surface area contributed by atoms with Crippen LogP contribution in [-0.4, -0.2) is 40.4 Å². The number of hydrogen-bond acceptors (Lipinski definition) is 7. The fourth-order valence-corrected chi connectivity index (χ4v) is 5.07. The van der Waals surface area contributed by atoms with Crippen LogP contribution in [0.4, 0.5) is 0 Å². The summed E-state index contributed by atoms with van der Waals surface area (Å²) < 4.78 is 12.3. The zero-order valence-electron chi connectivity index (χ0n) is 16.0. The van der Waals surface area contributed by atoms with E-state index in [4.69, 9.17) is 9.47 Å². The number of aryl methyl sites for hydroxylation is 2. The summed E-state index contributed by atoms with van der Waals surface area (Å²) in [5.74, 6) is 1.55. The highest BCUT2D eigenvalue weighted by Gasteiger charge is 2.15. The molecule has 4 rings (SSSR count). The number of benzene rings is 1. The van der Waals surface area contributed by atoms with Crippen molar-refractivity contribution in [2.75, 3.05) is 20.0 Å². The zero-order chi connectivity index (χ0) is 19.8. The van der Waals surface area contributed by atoms with Gasteiger partial charge in [0.2, 0.25) is 5.91 Å². The maximum absolute atomic E-state index is 12.8. The van der Waals surface area contributed by atoms with Crippen LogP contribution in [-0.2, 0) is 0 Å². The predicted octanol–water partition coefficient (Wildman–Crippen LogP) is 4.71. The van der Waals surface area contributed by atoms with Crippen LogP contribution in [0.5, 0.6) is 11.5 Å². The predicted molar refractivity (Wildman–Crippen MR) is 113 cm³/mol. The van der Waals surface area contributed by atoms with Gasteiger partial charge in [-0.1, -0.05) is 11.8 Å². The van der Waals surface area contributed by atoms with Gasteiger partial charge in [-0.15, -0.1) is 11.3 Å². The van der Waals surface area contributed by atoms with Crippen LogP contribution in [0.2, 0.25) is 0 Å². The highest BCUT2D eigenvalue weighted by atomic mass is 32.2. The average Bonchev–Trinajstić information content (AvgIpc) is 3.25. The van der Waals surface area contributed by atoms with Crippen LogP contribution in [0.3, 0.4) is 0 Å². The second kappa shape index (κ2) is 7.44. The van der Waals surface area contributed by atoms with Crippen LogP contribution in [0.25, 0.3) is 21.0 Å². The first-order valence-electron chi connectivity index (χ1n) is 8.62. The number of carbonyl (C=O) groups excluding carboxylic acids is 1. The van der Waals surface area contributed by atoms with Gasteiger partial charge in [0.25, 0.3) is 0 Å². The number of methoxy groups -OCH3 is 2. The van der Waals surface area contributed by atoms with Gasteiger partial charge >= 0.3 is 0 Å². The van der Waals surface area contributed by atoms with Crippen molar-refractivity contribution in [3.05, 3.63) is 41.3 Å². The first-order valence-corrected chi connectivity index (χ1v) is 10.4. The van der Waals surface area contributed by atoms with Gasteiger partial charge < -0.3 is 9.47 Å². The summed E-state index contributed by atoms with van der Waals surface area (Å²) in [6.45, 7) is 4.15. The van der Waals surface area contributed by atoms with E-state index in [0.29, 0.717) is 11.5 Å². The minimum Gasteiger partial charge on any atom is -0.493 e. The summed E-state index contributed by atoms with van der Waals surface area (Å²) in [7, 11) is 3.19. The van der Waals surface area contributed by atoms with Crippen molar-refractivity contribution >= 4 is 50.0 Å². The van der Waals surface area contributed by atoms with E-state index in [1.54, 1.807) is 36.5 Å². The molecule has 0 saturated carbocycles.